The molecule has 1 aromatic carbocycles. The van der Waals surface area contributed by atoms with Crippen molar-refractivity contribution in [2.75, 3.05) is 18.5 Å². The summed E-state index contributed by atoms with van der Waals surface area (Å²) in [5.41, 5.74) is 1.45. The molecule has 0 fully saturated rings. The third kappa shape index (κ3) is 12.7. The highest BCUT2D eigenvalue weighted by Crippen LogP contribution is 2.79. The van der Waals surface area contributed by atoms with E-state index in [0.29, 0.717) is 0 Å². The van der Waals surface area contributed by atoms with Crippen LogP contribution in [0.1, 0.15) is 142 Å². The third-order valence-corrected chi connectivity index (χ3v) is 17.9. The van der Waals surface area contributed by atoms with E-state index in [1.807, 2.05) is 0 Å². The zero-order valence-electron chi connectivity index (χ0n) is 22.9. The molecule has 0 atom stereocenters. The summed E-state index contributed by atoms with van der Waals surface area (Å²) in [6.07, 6.45) is 29.6. The Morgan fingerprint density at radius 1 is 0.500 bits per heavy atom. The van der Waals surface area contributed by atoms with Gasteiger partial charge >= 0.3 is 0 Å². The number of rotatable bonds is 23. The van der Waals surface area contributed by atoms with Gasteiger partial charge in [0.25, 0.3) is 0 Å². The molecule has 0 aliphatic heterocycles. The zero-order valence-corrected chi connectivity index (χ0v) is 27.0. The minimum absolute atomic E-state index is 0.0233. The van der Waals surface area contributed by atoms with E-state index in [4.69, 9.17) is 0 Å². The molecule has 0 aliphatic carbocycles. The predicted octanol–water partition coefficient (Wildman–Crippen LogP) is 12.7. The molecular weight excluding hydrogens is 563 g/mol. The first kappa shape index (κ1) is 32.6. The van der Waals surface area contributed by atoms with Crippen LogP contribution in [0.3, 0.4) is 0 Å². The minimum atomic E-state index is -1.25. The molecule has 0 radical (unpaired) electrons. The number of unbranched alkanes of at least 4 members (excludes halogenated alkanes) is 15. The fraction of sp³-hybridized carbons (Fsp3) is 0.806. The number of benzene rings is 1. The summed E-state index contributed by atoms with van der Waals surface area (Å²) in [4.78, 5) is 0. The largest absolute Gasteiger partial charge is 0.210 e. The fourth-order valence-corrected chi connectivity index (χ4v) is 13.7. The van der Waals surface area contributed by atoms with Crippen molar-refractivity contribution in [2.45, 2.75) is 139 Å². The van der Waals surface area contributed by atoms with E-state index in [2.05, 4.69) is 83.0 Å². The van der Waals surface area contributed by atoms with Gasteiger partial charge in [0.2, 0.25) is 2.97 Å². The lowest BCUT2D eigenvalue weighted by Crippen LogP contribution is -2.24. The average molecular weight is 620 g/mol. The van der Waals surface area contributed by atoms with Crippen molar-refractivity contribution in [2.24, 2.45) is 0 Å². The van der Waals surface area contributed by atoms with E-state index in [1.165, 1.54) is 140 Å². The van der Waals surface area contributed by atoms with Gasteiger partial charge in [0.1, 0.15) is 0 Å². The van der Waals surface area contributed by atoms with Crippen LogP contribution in [0.15, 0.2) is 30.3 Å². The maximum absolute atomic E-state index is 4.36. The van der Waals surface area contributed by atoms with Crippen LogP contribution in [-0.2, 0) is 2.97 Å². The lowest BCUT2D eigenvalue weighted by atomic mass is 10.1. The monoisotopic (exact) mass is 617 g/mol. The summed E-state index contributed by atoms with van der Waals surface area (Å²) in [6.45, 7) is 6.96. The predicted molar refractivity (Wildman–Crippen MR) is 168 cm³/mol. The summed E-state index contributed by atoms with van der Waals surface area (Å²) in [5.74, 6) is 0. The van der Waals surface area contributed by atoms with Crippen LogP contribution in [0.2, 0.25) is 0 Å². The van der Waals surface area contributed by atoms with Crippen LogP contribution in [0, 0.1) is 0 Å². The summed E-state index contributed by atoms with van der Waals surface area (Å²) < 4.78 is -0.0233. The second-order valence-electron chi connectivity index (χ2n) is 10.5. The van der Waals surface area contributed by atoms with Gasteiger partial charge in [0.15, 0.2) is 0 Å². The Morgan fingerprint density at radius 2 is 0.824 bits per heavy atom. The summed E-state index contributed by atoms with van der Waals surface area (Å²) in [7, 11) is -1.25. The van der Waals surface area contributed by atoms with E-state index in [9.17, 15) is 0 Å². The lowest BCUT2D eigenvalue weighted by Gasteiger charge is -2.39. The molecule has 0 heterocycles. The Hall–Kier alpha value is 0.610. The maximum atomic E-state index is 4.36. The molecular formula is C31H56Br2P+. The lowest BCUT2D eigenvalue weighted by molar-refractivity contribution is 0.615. The van der Waals surface area contributed by atoms with Gasteiger partial charge < -0.3 is 0 Å². The number of halogens is 2. The molecule has 0 unspecified atom stereocenters. The Bertz CT molecular complexity index is 531. The molecule has 0 nitrogen and oxygen atoms in total. The number of hydrogen-bond acceptors (Lipinski definition) is 0. The van der Waals surface area contributed by atoms with Crippen LogP contribution >= 0.6 is 39.1 Å². The number of alkyl halides is 2. The van der Waals surface area contributed by atoms with Gasteiger partial charge in [-0.05, 0) is 70.4 Å². The smallest absolute Gasteiger partial charge is 0.0654 e. The normalized spacial score (nSPS) is 12.4. The van der Waals surface area contributed by atoms with E-state index in [1.54, 1.807) is 0 Å². The molecule has 3 heteroatoms. The zero-order chi connectivity index (χ0) is 25.0. The highest BCUT2D eigenvalue weighted by atomic mass is 79.9. The summed E-state index contributed by atoms with van der Waals surface area (Å²) >= 11 is 8.72. The molecule has 0 spiro atoms. The van der Waals surface area contributed by atoms with Crippen molar-refractivity contribution in [1.82, 2.24) is 0 Å². The van der Waals surface area contributed by atoms with E-state index in [-0.39, 0.29) is 2.97 Å². The van der Waals surface area contributed by atoms with Crippen molar-refractivity contribution >= 4 is 39.1 Å². The number of hydrogen-bond donors (Lipinski definition) is 0. The molecule has 1 aromatic rings. The second-order valence-corrected chi connectivity index (χ2v) is 19.5. The van der Waals surface area contributed by atoms with Crippen molar-refractivity contribution in [1.29, 1.82) is 0 Å². The van der Waals surface area contributed by atoms with Gasteiger partial charge in [-0.25, -0.2) is 0 Å². The van der Waals surface area contributed by atoms with Crippen molar-refractivity contribution in [3.8, 4) is 0 Å². The topological polar surface area (TPSA) is 0 Å². The van der Waals surface area contributed by atoms with E-state index >= 15 is 0 Å². The van der Waals surface area contributed by atoms with Crippen molar-refractivity contribution < 1.29 is 0 Å². The molecule has 0 bridgehead atoms. The molecule has 0 N–H and O–H groups in total. The molecule has 0 saturated heterocycles. The minimum Gasteiger partial charge on any atom is -0.0654 e. The standard InChI is InChI=1S/C31H56Br2P/c1-4-7-10-13-16-22-27-34(28-23-17-14-11-8-5-2,29-24-18-15-12-9-6-3)31(32,33)30-25-20-19-21-26-30/h19-21,25-26H,4-18,22-24,27-29H2,1-3H3/q+1. The molecule has 0 saturated carbocycles. The average Bonchev–Trinajstić information content (AvgIpc) is 2.85. The summed E-state index contributed by atoms with van der Waals surface area (Å²) in [5, 5.41) is 0. The first-order valence-corrected chi connectivity index (χ1v) is 18.8. The highest BCUT2D eigenvalue weighted by molar-refractivity contribution is 9.26. The molecule has 0 aliphatic rings. The van der Waals surface area contributed by atoms with Gasteiger partial charge in [-0.15, -0.1) is 0 Å². The van der Waals surface area contributed by atoms with Gasteiger partial charge in [0.05, 0.1) is 18.5 Å². The maximum Gasteiger partial charge on any atom is 0.210 e. The SMILES string of the molecule is CCCCCCCC[P+](CCCCCCCC)(CCCCCCCC)C(Br)(Br)c1ccccc1. The quantitative estimate of drug-likeness (QED) is 0.0650. The van der Waals surface area contributed by atoms with Crippen LogP contribution in [0.4, 0.5) is 0 Å². The molecule has 0 amide bonds. The van der Waals surface area contributed by atoms with Crippen molar-refractivity contribution in [3.05, 3.63) is 35.9 Å². The highest BCUT2D eigenvalue weighted by Gasteiger charge is 2.54. The molecule has 1 rings (SSSR count). The first-order chi connectivity index (χ1) is 16.5. The van der Waals surface area contributed by atoms with Crippen molar-refractivity contribution in [3.63, 3.8) is 0 Å². The van der Waals surface area contributed by atoms with Crippen LogP contribution in [-0.4, -0.2) is 18.5 Å². The van der Waals surface area contributed by atoms with Crippen LogP contribution in [0.5, 0.6) is 0 Å². The Morgan fingerprint density at radius 3 is 1.18 bits per heavy atom. The van der Waals surface area contributed by atoms with Crippen LogP contribution in [0.25, 0.3) is 0 Å². The Kier molecular flexibility index (Phi) is 19.8. The molecule has 34 heavy (non-hydrogen) atoms. The first-order valence-electron chi connectivity index (χ1n) is 14.8. The third-order valence-electron chi connectivity index (χ3n) is 7.54. The Balaban J connectivity index is 2.95. The summed E-state index contributed by atoms with van der Waals surface area (Å²) in [6, 6.07) is 11.3. The Labute approximate surface area is 231 Å². The van der Waals surface area contributed by atoms with E-state index < -0.39 is 7.26 Å². The van der Waals surface area contributed by atoms with Gasteiger partial charge in [-0.3, -0.25) is 0 Å². The molecule has 0 aromatic heterocycles. The van der Waals surface area contributed by atoms with Gasteiger partial charge in [-0.1, -0.05) is 128 Å². The van der Waals surface area contributed by atoms with Gasteiger partial charge in [0, 0.05) is 12.8 Å². The second kappa shape index (κ2) is 20.6. The fourth-order valence-electron chi connectivity index (χ4n) is 5.25. The van der Waals surface area contributed by atoms with Gasteiger partial charge in [-0.2, -0.15) is 0 Å². The van der Waals surface area contributed by atoms with E-state index in [0.717, 1.165) is 0 Å². The molecule has 198 valence electrons. The van der Waals surface area contributed by atoms with Crippen LogP contribution < -0.4 is 0 Å².